The zero-order valence-electron chi connectivity index (χ0n) is 9.14. The lowest BCUT2D eigenvalue weighted by Gasteiger charge is -1.96. The van der Waals surface area contributed by atoms with Crippen molar-refractivity contribution in [2.75, 3.05) is 6.61 Å². The molecular weight excluding hydrogens is 286 g/mol. The summed E-state index contributed by atoms with van der Waals surface area (Å²) in [6.07, 6.45) is 1.30. The highest BCUT2D eigenvalue weighted by Gasteiger charge is 2.13. The third-order valence-corrected chi connectivity index (χ3v) is 2.61. The normalized spacial score (nSPS) is 10.2. The van der Waals surface area contributed by atoms with E-state index in [9.17, 15) is 4.79 Å². The second-order valence-corrected chi connectivity index (χ2v) is 4.18. The van der Waals surface area contributed by atoms with E-state index in [0.717, 1.165) is 10.0 Å². The van der Waals surface area contributed by atoms with Crippen molar-refractivity contribution in [2.45, 2.75) is 6.92 Å². The van der Waals surface area contributed by atoms with E-state index in [-0.39, 0.29) is 5.69 Å². The molecule has 0 unspecified atom stereocenters. The minimum absolute atomic E-state index is 0.185. The predicted octanol–water partition coefficient (Wildman–Crippen LogP) is 3.28. The molecule has 0 fully saturated rings. The van der Waals surface area contributed by atoms with Crippen LogP contribution in [-0.4, -0.2) is 17.6 Å². The van der Waals surface area contributed by atoms with E-state index in [1.807, 2.05) is 24.3 Å². The SMILES string of the molecule is CCOC(=O)c1coc(-c2ccc(Br)cc2)n1. The Bertz CT molecular complexity index is 519. The number of hydrogen-bond donors (Lipinski definition) is 0. The van der Waals surface area contributed by atoms with Crippen molar-refractivity contribution in [1.82, 2.24) is 4.98 Å². The number of halogens is 1. The number of rotatable bonds is 3. The fraction of sp³-hybridized carbons (Fsp3) is 0.167. The van der Waals surface area contributed by atoms with Crippen molar-refractivity contribution in [3.63, 3.8) is 0 Å². The van der Waals surface area contributed by atoms with Gasteiger partial charge in [-0.1, -0.05) is 15.9 Å². The molecule has 0 aliphatic carbocycles. The Morgan fingerprint density at radius 2 is 2.12 bits per heavy atom. The van der Waals surface area contributed by atoms with E-state index in [1.165, 1.54) is 6.26 Å². The molecule has 1 aromatic carbocycles. The Hall–Kier alpha value is -1.62. The average Bonchev–Trinajstić information content (AvgIpc) is 2.80. The number of benzene rings is 1. The molecule has 0 aliphatic heterocycles. The first-order valence-electron chi connectivity index (χ1n) is 5.09. The largest absolute Gasteiger partial charge is 0.461 e. The van der Waals surface area contributed by atoms with Gasteiger partial charge in [0.15, 0.2) is 5.69 Å². The van der Waals surface area contributed by atoms with Crippen LogP contribution in [0.3, 0.4) is 0 Å². The first-order chi connectivity index (χ1) is 8.20. The number of carbonyl (C=O) groups is 1. The molecule has 0 amide bonds. The van der Waals surface area contributed by atoms with E-state index in [2.05, 4.69) is 20.9 Å². The highest BCUT2D eigenvalue weighted by atomic mass is 79.9. The van der Waals surface area contributed by atoms with Crippen LogP contribution in [0.5, 0.6) is 0 Å². The monoisotopic (exact) mass is 295 g/mol. The van der Waals surface area contributed by atoms with Gasteiger partial charge in [0.25, 0.3) is 0 Å². The molecule has 0 saturated heterocycles. The van der Waals surface area contributed by atoms with Crippen LogP contribution in [0.4, 0.5) is 0 Å². The number of oxazole rings is 1. The Morgan fingerprint density at radius 1 is 1.41 bits per heavy atom. The third kappa shape index (κ3) is 2.74. The van der Waals surface area contributed by atoms with Gasteiger partial charge < -0.3 is 9.15 Å². The van der Waals surface area contributed by atoms with Crippen LogP contribution < -0.4 is 0 Å². The quantitative estimate of drug-likeness (QED) is 0.816. The van der Waals surface area contributed by atoms with E-state index in [0.29, 0.717) is 12.5 Å². The predicted molar refractivity (Wildman–Crippen MR) is 65.6 cm³/mol. The molecule has 5 heteroatoms. The first-order valence-corrected chi connectivity index (χ1v) is 5.88. The third-order valence-electron chi connectivity index (χ3n) is 2.08. The molecule has 17 heavy (non-hydrogen) atoms. The zero-order valence-corrected chi connectivity index (χ0v) is 10.7. The van der Waals surface area contributed by atoms with Crippen LogP contribution in [0.1, 0.15) is 17.4 Å². The summed E-state index contributed by atoms with van der Waals surface area (Å²) in [5, 5.41) is 0. The number of nitrogens with zero attached hydrogens (tertiary/aromatic N) is 1. The number of esters is 1. The maximum Gasteiger partial charge on any atom is 0.360 e. The van der Waals surface area contributed by atoms with Gasteiger partial charge in [0.2, 0.25) is 5.89 Å². The van der Waals surface area contributed by atoms with Crippen molar-refractivity contribution in [1.29, 1.82) is 0 Å². The second kappa shape index (κ2) is 5.14. The molecule has 1 heterocycles. The fourth-order valence-corrected chi connectivity index (χ4v) is 1.56. The summed E-state index contributed by atoms with van der Waals surface area (Å²) in [6, 6.07) is 7.46. The molecular formula is C12H10BrNO3. The van der Waals surface area contributed by atoms with Gasteiger partial charge in [0.05, 0.1) is 6.61 Å². The van der Waals surface area contributed by atoms with Gasteiger partial charge in [-0.2, -0.15) is 0 Å². The van der Waals surface area contributed by atoms with Crippen LogP contribution in [0.2, 0.25) is 0 Å². The van der Waals surface area contributed by atoms with Crippen LogP contribution in [0.25, 0.3) is 11.5 Å². The molecule has 0 bridgehead atoms. The van der Waals surface area contributed by atoms with Gasteiger partial charge in [0, 0.05) is 10.0 Å². The summed E-state index contributed by atoms with van der Waals surface area (Å²) in [6.45, 7) is 2.06. The van der Waals surface area contributed by atoms with Gasteiger partial charge in [-0.3, -0.25) is 0 Å². The highest BCUT2D eigenvalue weighted by molar-refractivity contribution is 9.10. The molecule has 0 N–H and O–H groups in total. The number of carbonyl (C=O) groups excluding carboxylic acids is 1. The van der Waals surface area contributed by atoms with Gasteiger partial charge in [-0.25, -0.2) is 9.78 Å². The summed E-state index contributed by atoms with van der Waals surface area (Å²) in [5.74, 6) is -0.0693. The van der Waals surface area contributed by atoms with Crippen LogP contribution in [0.15, 0.2) is 39.4 Å². The Balaban J connectivity index is 2.23. The first kappa shape index (κ1) is 11.9. The number of ether oxygens (including phenoxy) is 1. The second-order valence-electron chi connectivity index (χ2n) is 3.27. The summed E-state index contributed by atoms with van der Waals surface area (Å²) >= 11 is 3.34. The number of aromatic nitrogens is 1. The minimum atomic E-state index is -0.473. The minimum Gasteiger partial charge on any atom is -0.461 e. The highest BCUT2D eigenvalue weighted by Crippen LogP contribution is 2.21. The summed E-state index contributed by atoms with van der Waals surface area (Å²) in [5.41, 5.74) is 0.994. The van der Waals surface area contributed by atoms with E-state index in [1.54, 1.807) is 6.92 Å². The van der Waals surface area contributed by atoms with Gasteiger partial charge >= 0.3 is 5.97 Å². The molecule has 2 rings (SSSR count). The Labute approximate surface area is 107 Å². The Kier molecular flexibility index (Phi) is 3.58. The van der Waals surface area contributed by atoms with Crippen molar-refractivity contribution in [2.24, 2.45) is 0 Å². The molecule has 0 spiro atoms. The van der Waals surface area contributed by atoms with Crippen LogP contribution in [-0.2, 0) is 4.74 Å². The standard InChI is InChI=1S/C12H10BrNO3/c1-2-16-12(15)10-7-17-11(14-10)8-3-5-9(13)6-4-8/h3-7H,2H2,1H3. The topological polar surface area (TPSA) is 52.3 Å². The van der Waals surface area contributed by atoms with E-state index in [4.69, 9.17) is 9.15 Å². The lowest BCUT2D eigenvalue weighted by molar-refractivity contribution is 0.0519. The molecule has 0 radical (unpaired) electrons. The van der Waals surface area contributed by atoms with E-state index >= 15 is 0 Å². The van der Waals surface area contributed by atoms with E-state index < -0.39 is 5.97 Å². The maximum atomic E-state index is 11.4. The van der Waals surface area contributed by atoms with Crippen molar-refractivity contribution in [3.8, 4) is 11.5 Å². The average molecular weight is 296 g/mol. The summed E-state index contributed by atoms with van der Waals surface area (Å²) < 4.78 is 11.0. The van der Waals surface area contributed by atoms with Gasteiger partial charge in [-0.15, -0.1) is 0 Å². The molecule has 88 valence electrons. The molecule has 4 nitrogen and oxygen atoms in total. The molecule has 0 atom stereocenters. The molecule has 1 aromatic heterocycles. The lowest BCUT2D eigenvalue weighted by Crippen LogP contribution is -2.04. The van der Waals surface area contributed by atoms with Crippen LogP contribution >= 0.6 is 15.9 Å². The number of hydrogen-bond acceptors (Lipinski definition) is 4. The van der Waals surface area contributed by atoms with Crippen molar-refractivity contribution in [3.05, 3.63) is 40.7 Å². The molecule has 0 saturated carbocycles. The van der Waals surface area contributed by atoms with Crippen molar-refractivity contribution >= 4 is 21.9 Å². The van der Waals surface area contributed by atoms with Gasteiger partial charge in [-0.05, 0) is 31.2 Å². The summed E-state index contributed by atoms with van der Waals surface area (Å²) in [7, 11) is 0. The lowest BCUT2D eigenvalue weighted by atomic mass is 10.2. The molecule has 0 aliphatic rings. The Morgan fingerprint density at radius 3 is 2.76 bits per heavy atom. The smallest absolute Gasteiger partial charge is 0.360 e. The van der Waals surface area contributed by atoms with Crippen molar-refractivity contribution < 1.29 is 13.9 Å². The molecule has 2 aromatic rings. The van der Waals surface area contributed by atoms with Crippen LogP contribution in [0, 0.1) is 0 Å². The van der Waals surface area contributed by atoms with Gasteiger partial charge in [0.1, 0.15) is 6.26 Å². The zero-order chi connectivity index (χ0) is 12.3. The fourth-order valence-electron chi connectivity index (χ4n) is 1.30. The maximum absolute atomic E-state index is 11.4. The summed E-state index contributed by atoms with van der Waals surface area (Å²) in [4.78, 5) is 15.5.